The highest BCUT2D eigenvalue weighted by Gasteiger charge is 2.27. The molecule has 0 spiro atoms. The number of hydrogen-bond acceptors (Lipinski definition) is 3. The Morgan fingerprint density at radius 3 is 2.95 bits per heavy atom. The molecule has 0 bridgehead atoms. The van der Waals surface area contributed by atoms with Gasteiger partial charge in [-0.1, -0.05) is 18.6 Å². The van der Waals surface area contributed by atoms with Crippen LogP contribution in [0.1, 0.15) is 31.2 Å². The quantitative estimate of drug-likeness (QED) is 0.868. The van der Waals surface area contributed by atoms with Gasteiger partial charge in [-0.05, 0) is 43.2 Å². The van der Waals surface area contributed by atoms with E-state index in [9.17, 15) is 4.79 Å². The van der Waals surface area contributed by atoms with Crippen LogP contribution >= 0.6 is 11.8 Å². The molecule has 1 amide bonds. The predicted molar refractivity (Wildman–Crippen MR) is 84.6 cm³/mol. The summed E-state index contributed by atoms with van der Waals surface area (Å²) in [5.74, 6) is 0.363. The van der Waals surface area contributed by atoms with E-state index in [-0.39, 0.29) is 17.9 Å². The van der Waals surface area contributed by atoms with Crippen LogP contribution in [0.25, 0.3) is 0 Å². The number of carbonyl (C=O) groups excluding carboxylic acids is 1. The van der Waals surface area contributed by atoms with Crippen molar-refractivity contribution in [2.24, 2.45) is 11.7 Å². The molecule has 0 unspecified atom stereocenters. The second-order valence-electron chi connectivity index (χ2n) is 5.67. The number of carbonyl (C=O) groups is 1. The fourth-order valence-corrected chi connectivity index (χ4v) is 3.37. The van der Waals surface area contributed by atoms with Crippen LogP contribution in [0.4, 0.5) is 0 Å². The summed E-state index contributed by atoms with van der Waals surface area (Å²) in [6.45, 7) is 0.680. The molecule has 0 aliphatic heterocycles. The van der Waals surface area contributed by atoms with Gasteiger partial charge in [-0.25, -0.2) is 0 Å². The lowest BCUT2D eigenvalue weighted by Gasteiger charge is -2.29. The molecule has 0 heterocycles. The van der Waals surface area contributed by atoms with Crippen molar-refractivity contribution < 1.29 is 4.79 Å². The minimum atomic E-state index is 0.118. The number of amides is 1. The van der Waals surface area contributed by atoms with Gasteiger partial charge < -0.3 is 10.6 Å². The van der Waals surface area contributed by atoms with Crippen molar-refractivity contribution >= 4 is 17.7 Å². The van der Waals surface area contributed by atoms with Gasteiger partial charge in [-0.15, -0.1) is 11.8 Å². The minimum Gasteiger partial charge on any atom is -0.341 e. The van der Waals surface area contributed by atoms with Crippen LogP contribution in [0.3, 0.4) is 0 Å². The van der Waals surface area contributed by atoms with E-state index in [1.54, 1.807) is 11.8 Å². The maximum atomic E-state index is 12.5. The van der Waals surface area contributed by atoms with E-state index < -0.39 is 0 Å². The van der Waals surface area contributed by atoms with Gasteiger partial charge in [0.15, 0.2) is 0 Å². The Labute approximate surface area is 125 Å². The van der Waals surface area contributed by atoms with Gasteiger partial charge in [-0.3, -0.25) is 4.79 Å². The third kappa shape index (κ3) is 4.00. The van der Waals surface area contributed by atoms with Gasteiger partial charge in [0.1, 0.15) is 0 Å². The first-order valence-electron chi connectivity index (χ1n) is 7.23. The molecule has 1 saturated carbocycles. The normalized spacial score (nSPS) is 22.6. The summed E-state index contributed by atoms with van der Waals surface area (Å²) in [6.07, 6.45) is 6.03. The van der Waals surface area contributed by atoms with Crippen molar-refractivity contribution in [3.05, 3.63) is 29.8 Å². The number of hydrogen-bond donors (Lipinski definition) is 1. The van der Waals surface area contributed by atoms with Crippen LogP contribution in [0.5, 0.6) is 0 Å². The molecule has 1 aromatic carbocycles. The van der Waals surface area contributed by atoms with Crippen LogP contribution in [-0.4, -0.2) is 30.2 Å². The lowest BCUT2D eigenvalue weighted by molar-refractivity contribution is -0.135. The Balaban J connectivity index is 1.96. The number of nitrogens with zero attached hydrogens (tertiary/aromatic N) is 1. The summed E-state index contributed by atoms with van der Waals surface area (Å²) in [6, 6.07) is 8.58. The standard InChI is InChI=1S/C16H24N2OS/c1-18(11-12-5-3-8-15(9-12)20-2)16(19)13-6-4-7-14(17)10-13/h3,5,8-9,13-14H,4,6-7,10-11,17H2,1-2H3/t13-,14+/m1/s1. The molecule has 20 heavy (non-hydrogen) atoms. The molecule has 3 nitrogen and oxygen atoms in total. The zero-order valence-electron chi connectivity index (χ0n) is 12.3. The van der Waals surface area contributed by atoms with E-state index in [0.29, 0.717) is 6.54 Å². The Hall–Kier alpha value is -1.00. The zero-order valence-corrected chi connectivity index (χ0v) is 13.2. The molecule has 4 heteroatoms. The van der Waals surface area contributed by atoms with Crippen molar-refractivity contribution in [3.63, 3.8) is 0 Å². The monoisotopic (exact) mass is 292 g/mol. The van der Waals surface area contributed by atoms with Crippen LogP contribution in [0.15, 0.2) is 29.2 Å². The molecule has 1 fully saturated rings. The first-order valence-corrected chi connectivity index (χ1v) is 8.46. The van der Waals surface area contributed by atoms with Crippen LogP contribution < -0.4 is 5.73 Å². The van der Waals surface area contributed by atoms with Gasteiger partial charge in [0.25, 0.3) is 0 Å². The molecule has 2 N–H and O–H groups in total. The summed E-state index contributed by atoms with van der Waals surface area (Å²) >= 11 is 1.73. The van der Waals surface area contributed by atoms with E-state index in [2.05, 4.69) is 30.5 Å². The van der Waals surface area contributed by atoms with E-state index in [0.717, 1.165) is 25.7 Å². The highest BCUT2D eigenvalue weighted by atomic mass is 32.2. The first-order chi connectivity index (χ1) is 9.60. The van der Waals surface area contributed by atoms with Crippen LogP contribution in [0.2, 0.25) is 0 Å². The maximum Gasteiger partial charge on any atom is 0.225 e. The largest absolute Gasteiger partial charge is 0.341 e. The van der Waals surface area contributed by atoms with Gasteiger partial charge in [-0.2, -0.15) is 0 Å². The molecule has 2 atom stereocenters. The van der Waals surface area contributed by atoms with E-state index in [1.807, 2.05) is 11.9 Å². The van der Waals surface area contributed by atoms with Crippen molar-refractivity contribution in [1.82, 2.24) is 4.90 Å². The summed E-state index contributed by atoms with van der Waals surface area (Å²) in [5.41, 5.74) is 7.17. The summed E-state index contributed by atoms with van der Waals surface area (Å²) in [4.78, 5) is 15.6. The molecular weight excluding hydrogens is 268 g/mol. The summed E-state index contributed by atoms with van der Waals surface area (Å²) in [7, 11) is 1.90. The smallest absolute Gasteiger partial charge is 0.225 e. The van der Waals surface area contributed by atoms with E-state index in [1.165, 1.54) is 10.5 Å². The molecular formula is C16H24N2OS. The molecule has 0 radical (unpaired) electrons. The third-order valence-electron chi connectivity index (χ3n) is 3.99. The molecule has 0 aromatic heterocycles. The Morgan fingerprint density at radius 1 is 1.45 bits per heavy atom. The van der Waals surface area contributed by atoms with Crippen LogP contribution in [0, 0.1) is 5.92 Å². The van der Waals surface area contributed by atoms with Crippen molar-refractivity contribution in [2.75, 3.05) is 13.3 Å². The van der Waals surface area contributed by atoms with Crippen molar-refractivity contribution in [1.29, 1.82) is 0 Å². The molecule has 1 aromatic rings. The molecule has 1 aliphatic rings. The second-order valence-corrected chi connectivity index (χ2v) is 6.55. The fourth-order valence-electron chi connectivity index (χ4n) is 2.89. The molecule has 0 saturated heterocycles. The Morgan fingerprint density at radius 2 is 2.25 bits per heavy atom. The maximum absolute atomic E-state index is 12.5. The molecule has 1 aliphatic carbocycles. The topological polar surface area (TPSA) is 46.3 Å². The molecule has 110 valence electrons. The van der Waals surface area contributed by atoms with Gasteiger partial charge in [0, 0.05) is 30.4 Å². The summed E-state index contributed by atoms with van der Waals surface area (Å²) < 4.78 is 0. The average molecular weight is 292 g/mol. The Kier molecular flexibility index (Phi) is 5.49. The SMILES string of the molecule is CSc1cccc(CN(C)C(=O)[C@@H]2CCC[C@H](N)C2)c1. The lowest BCUT2D eigenvalue weighted by atomic mass is 9.85. The lowest BCUT2D eigenvalue weighted by Crippen LogP contribution is -2.38. The van der Waals surface area contributed by atoms with Crippen molar-refractivity contribution in [2.45, 2.75) is 43.2 Å². The highest BCUT2D eigenvalue weighted by molar-refractivity contribution is 7.98. The number of nitrogens with two attached hydrogens (primary N) is 1. The first kappa shape index (κ1) is 15.4. The minimum absolute atomic E-state index is 0.118. The van der Waals surface area contributed by atoms with Gasteiger partial charge in [0.05, 0.1) is 0 Å². The van der Waals surface area contributed by atoms with Gasteiger partial charge in [0.2, 0.25) is 5.91 Å². The van der Waals surface area contributed by atoms with Crippen LogP contribution in [-0.2, 0) is 11.3 Å². The van der Waals surface area contributed by atoms with E-state index in [4.69, 9.17) is 5.73 Å². The summed E-state index contributed by atoms with van der Waals surface area (Å²) in [5, 5.41) is 0. The molecule has 2 rings (SSSR count). The zero-order chi connectivity index (χ0) is 14.5. The number of thioether (sulfide) groups is 1. The third-order valence-corrected chi connectivity index (χ3v) is 4.72. The predicted octanol–water partition coefficient (Wildman–Crippen LogP) is 2.88. The highest BCUT2D eigenvalue weighted by Crippen LogP contribution is 2.25. The van der Waals surface area contributed by atoms with Gasteiger partial charge >= 0.3 is 0 Å². The number of rotatable bonds is 4. The Bertz CT molecular complexity index is 464. The average Bonchev–Trinajstić information content (AvgIpc) is 2.46. The second kappa shape index (κ2) is 7.14. The number of benzene rings is 1. The van der Waals surface area contributed by atoms with Crippen molar-refractivity contribution in [3.8, 4) is 0 Å². The van der Waals surface area contributed by atoms with E-state index >= 15 is 0 Å². The fraction of sp³-hybridized carbons (Fsp3) is 0.562.